The van der Waals surface area contributed by atoms with E-state index < -0.39 is 5.72 Å². The van der Waals surface area contributed by atoms with Crippen molar-refractivity contribution in [1.82, 2.24) is 4.90 Å². The summed E-state index contributed by atoms with van der Waals surface area (Å²) in [5.74, 6) is 0. The quantitative estimate of drug-likeness (QED) is 0.633. The fourth-order valence-electron chi connectivity index (χ4n) is 1.91. The van der Waals surface area contributed by atoms with Crippen LogP contribution < -0.4 is 0 Å². The minimum Gasteiger partial charge on any atom is -0.371 e. The molecule has 1 fully saturated rings. The van der Waals surface area contributed by atoms with Gasteiger partial charge in [-0.15, -0.1) is 0 Å². The van der Waals surface area contributed by atoms with E-state index in [1.165, 1.54) is 0 Å². The highest BCUT2D eigenvalue weighted by Crippen LogP contribution is 2.32. The number of aliphatic imine (C=N–C) groups is 1. The zero-order valence-corrected chi connectivity index (χ0v) is 7.11. The summed E-state index contributed by atoms with van der Waals surface area (Å²) < 4.78 is 0. The molecule has 0 amide bonds. The lowest BCUT2D eigenvalue weighted by atomic mass is 10.1. The highest BCUT2D eigenvalue weighted by molar-refractivity contribution is 5.61. The van der Waals surface area contributed by atoms with Crippen molar-refractivity contribution in [2.24, 2.45) is 4.99 Å². The maximum absolute atomic E-state index is 10.1. The lowest BCUT2D eigenvalue weighted by Gasteiger charge is -2.35. The van der Waals surface area contributed by atoms with Gasteiger partial charge in [0.1, 0.15) is 5.72 Å². The van der Waals surface area contributed by atoms with E-state index in [-0.39, 0.29) is 0 Å². The Balaban J connectivity index is 2.07. The molecule has 0 saturated heterocycles. The Bertz CT molecular complexity index is 217. The predicted octanol–water partition coefficient (Wildman–Crippen LogP) is 1.11. The molecule has 0 atom stereocenters. The molecule has 0 bridgehead atoms. The van der Waals surface area contributed by atoms with Crippen molar-refractivity contribution in [1.29, 1.82) is 0 Å². The van der Waals surface area contributed by atoms with Crippen LogP contribution in [0.3, 0.4) is 0 Å². The van der Waals surface area contributed by atoms with Crippen molar-refractivity contribution >= 4 is 6.21 Å². The lowest BCUT2D eigenvalue weighted by molar-refractivity contribution is -0.0692. The average molecular weight is 166 g/mol. The summed E-state index contributed by atoms with van der Waals surface area (Å²) in [7, 11) is 0. The van der Waals surface area contributed by atoms with E-state index in [0.29, 0.717) is 0 Å². The molecule has 1 saturated carbocycles. The lowest BCUT2D eigenvalue weighted by Crippen LogP contribution is -2.44. The summed E-state index contributed by atoms with van der Waals surface area (Å²) in [6, 6.07) is 0. The fraction of sp³-hybridized carbons (Fsp3) is 0.667. The van der Waals surface area contributed by atoms with Gasteiger partial charge in [-0.1, -0.05) is 0 Å². The zero-order chi connectivity index (χ0) is 8.44. The van der Waals surface area contributed by atoms with Crippen LogP contribution in [-0.4, -0.2) is 28.5 Å². The summed E-state index contributed by atoms with van der Waals surface area (Å²) >= 11 is 0. The molecule has 0 spiro atoms. The SMILES string of the molecule is OC1(N2C=CN=CC2)CCCC1. The summed E-state index contributed by atoms with van der Waals surface area (Å²) in [5.41, 5.74) is -0.580. The van der Waals surface area contributed by atoms with Crippen molar-refractivity contribution in [2.75, 3.05) is 6.54 Å². The van der Waals surface area contributed by atoms with Crippen LogP contribution in [0, 0.1) is 0 Å². The van der Waals surface area contributed by atoms with Gasteiger partial charge >= 0.3 is 0 Å². The fourth-order valence-corrected chi connectivity index (χ4v) is 1.91. The number of hydrogen-bond donors (Lipinski definition) is 1. The highest BCUT2D eigenvalue weighted by atomic mass is 16.3. The normalized spacial score (nSPS) is 26.6. The van der Waals surface area contributed by atoms with Crippen molar-refractivity contribution < 1.29 is 5.11 Å². The van der Waals surface area contributed by atoms with Crippen LogP contribution in [0.5, 0.6) is 0 Å². The van der Waals surface area contributed by atoms with Crippen LogP contribution in [0.2, 0.25) is 0 Å². The van der Waals surface area contributed by atoms with Crippen LogP contribution >= 0.6 is 0 Å². The third-order valence-corrected chi connectivity index (χ3v) is 2.66. The van der Waals surface area contributed by atoms with Gasteiger partial charge in [-0.25, -0.2) is 0 Å². The molecule has 12 heavy (non-hydrogen) atoms. The number of rotatable bonds is 1. The monoisotopic (exact) mass is 166 g/mol. The summed E-state index contributed by atoms with van der Waals surface area (Å²) in [4.78, 5) is 5.95. The van der Waals surface area contributed by atoms with E-state index in [9.17, 15) is 5.11 Å². The Morgan fingerprint density at radius 1 is 1.33 bits per heavy atom. The Morgan fingerprint density at radius 2 is 2.08 bits per heavy atom. The van der Waals surface area contributed by atoms with Gasteiger partial charge in [0.2, 0.25) is 0 Å². The van der Waals surface area contributed by atoms with E-state index in [1.54, 1.807) is 6.20 Å². The van der Waals surface area contributed by atoms with Gasteiger partial charge in [0.05, 0.1) is 6.54 Å². The van der Waals surface area contributed by atoms with E-state index in [4.69, 9.17) is 0 Å². The first-order valence-corrected chi connectivity index (χ1v) is 4.49. The second-order valence-electron chi connectivity index (χ2n) is 3.47. The van der Waals surface area contributed by atoms with Gasteiger partial charge in [-0.05, 0) is 25.7 Å². The summed E-state index contributed by atoms with van der Waals surface area (Å²) in [5, 5.41) is 10.1. The van der Waals surface area contributed by atoms with Crippen LogP contribution in [0.15, 0.2) is 17.4 Å². The second kappa shape index (κ2) is 2.90. The molecule has 0 radical (unpaired) electrons. The smallest absolute Gasteiger partial charge is 0.137 e. The van der Waals surface area contributed by atoms with Gasteiger partial charge in [-0.3, -0.25) is 4.99 Å². The zero-order valence-electron chi connectivity index (χ0n) is 7.11. The molecule has 1 aliphatic carbocycles. The van der Waals surface area contributed by atoms with Crippen molar-refractivity contribution in [3.05, 3.63) is 12.4 Å². The third-order valence-electron chi connectivity index (χ3n) is 2.66. The van der Waals surface area contributed by atoms with E-state index in [2.05, 4.69) is 4.99 Å². The maximum Gasteiger partial charge on any atom is 0.137 e. The van der Waals surface area contributed by atoms with Gasteiger partial charge in [0, 0.05) is 18.6 Å². The summed E-state index contributed by atoms with van der Waals surface area (Å²) in [6.07, 6.45) is 9.51. The topological polar surface area (TPSA) is 35.8 Å². The molecule has 1 N–H and O–H groups in total. The van der Waals surface area contributed by atoms with Crippen LogP contribution in [0.25, 0.3) is 0 Å². The second-order valence-corrected chi connectivity index (χ2v) is 3.47. The van der Waals surface area contributed by atoms with Gasteiger partial charge in [0.25, 0.3) is 0 Å². The first kappa shape index (κ1) is 7.80. The molecule has 1 heterocycles. The first-order valence-electron chi connectivity index (χ1n) is 4.49. The van der Waals surface area contributed by atoms with Gasteiger partial charge in [0.15, 0.2) is 0 Å². The molecular weight excluding hydrogens is 152 g/mol. The van der Waals surface area contributed by atoms with Crippen LogP contribution in [-0.2, 0) is 0 Å². The van der Waals surface area contributed by atoms with Crippen molar-refractivity contribution in [2.45, 2.75) is 31.4 Å². The van der Waals surface area contributed by atoms with Crippen molar-refractivity contribution in [3.8, 4) is 0 Å². The molecule has 3 nitrogen and oxygen atoms in total. The Hall–Kier alpha value is -0.830. The minimum atomic E-state index is -0.580. The molecule has 2 aliphatic rings. The van der Waals surface area contributed by atoms with Crippen molar-refractivity contribution in [3.63, 3.8) is 0 Å². The molecule has 3 heteroatoms. The van der Waals surface area contributed by atoms with Gasteiger partial charge in [-0.2, -0.15) is 0 Å². The summed E-state index contributed by atoms with van der Waals surface area (Å²) in [6.45, 7) is 0.743. The minimum absolute atomic E-state index is 0.580. The molecule has 66 valence electrons. The Morgan fingerprint density at radius 3 is 2.67 bits per heavy atom. The number of aliphatic hydroxyl groups is 1. The molecule has 0 aromatic rings. The van der Waals surface area contributed by atoms with E-state index in [1.807, 2.05) is 17.3 Å². The molecule has 2 rings (SSSR count). The molecule has 0 unspecified atom stereocenters. The average Bonchev–Trinajstić information content (AvgIpc) is 2.55. The largest absolute Gasteiger partial charge is 0.371 e. The number of hydrogen-bond acceptors (Lipinski definition) is 3. The molecular formula is C9H14N2O. The van der Waals surface area contributed by atoms with Crippen LogP contribution in [0.1, 0.15) is 25.7 Å². The van der Waals surface area contributed by atoms with E-state index >= 15 is 0 Å². The molecule has 0 aromatic heterocycles. The Labute approximate surface area is 72.4 Å². The first-order chi connectivity index (χ1) is 5.81. The number of nitrogens with zero attached hydrogens (tertiary/aromatic N) is 2. The highest BCUT2D eigenvalue weighted by Gasteiger charge is 2.35. The Kier molecular flexibility index (Phi) is 1.89. The standard InChI is InChI=1S/C9H14N2O/c12-9(3-1-2-4-9)11-7-5-10-6-8-11/h5-7,12H,1-4,8H2. The molecule has 1 aliphatic heterocycles. The molecule has 0 aromatic carbocycles. The van der Waals surface area contributed by atoms with E-state index in [0.717, 1.165) is 32.2 Å². The van der Waals surface area contributed by atoms with Crippen LogP contribution in [0.4, 0.5) is 0 Å². The predicted molar refractivity (Wildman–Crippen MR) is 47.8 cm³/mol. The van der Waals surface area contributed by atoms with Gasteiger partial charge < -0.3 is 10.0 Å². The maximum atomic E-state index is 10.1. The third kappa shape index (κ3) is 1.25.